The van der Waals surface area contributed by atoms with E-state index in [9.17, 15) is 4.79 Å². The number of hydrogen-bond donors (Lipinski definition) is 0. The largest absolute Gasteiger partial charge is 0.290 e. The van der Waals surface area contributed by atoms with E-state index in [0.29, 0.717) is 0 Å². The molecule has 0 radical (unpaired) electrons. The molecule has 0 unspecified atom stereocenters. The molecule has 0 bridgehead atoms. The summed E-state index contributed by atoms with van der Waals surface area (Å²) in [6.07, 6.45) is 7.42. The summed E-state index contributed by atoms with van der Waals surface area (Å²) in [6.45, 7) is 0. The van der Waals surface area contributed by atoms with Crippen LogP contribution in [-0.2, 0) is 4.79 Å². The van der Waals surface area contributed by atoms with E-state index in [1.165, 1.54) is 11.1 Å². The van der Waals surface area contributed by atoms with Crippen LogP contribution in [0, 0.1) is 0 Å². The summed E-state index contributed by atoms with van der Waals surface area (Å²) in [7, 11) is 0. The molecule has 0 fully saturated rings. The molecule has 2 aromatic rings. The second kappa shape index (κ2) is 5.70. The summed E-state index contributed by atoms with van der Waals surface area (Å²) in [5, 5.41) is 0. The maximum absolute atomic E-state index is 11.7. The van der Waals surface area contributed by atoms with Gasteiger partial charge in [0.05, 0.1) is 0 Å². The fraction of sp³-hybridized carbons (Fsp3) is 0.105. The van der Waals surface area contributed by atoms with E-state index in [4.69, 9.17) is 0 Å². The van der Waals surface area contributed by atoms with Gasteiger partial charge in [-0.2, -0.15) is 0 Å². The maximum atomic E-state index is 11.7. The monoisotopic (exact) mass is 260 g/mol. The van der Waals surface area contributed by atoms with Crippen LogP contribution in [0.25, 0.3) is 17.2 Å². The molecule has 0 atom stereocenters. The van der Waals surface area contributed by atoms with Crippen LogP contribution in [-0.4, -0.2) is 5.78 Å². The zero-order valence-electron chi connectivity index (χ0n) is 11.3. The Morgan fingerprint density at radius 2 is 1.55 bits per heavy atom. The molecule has 1 heteroatoms. The van der Waals surface area contributed by atoms with Crippen molar-refractivity contribution >= 4 is 11.9 Å². The fourth-order valence-electron chi connectivity index (χ4n) is 2.41. The molecule has 0 spiro atoms. The average molecular weight is 260 g/mol. The number of carbonyl (C=O) groups is 1. The molecule has 1 aliphatic rings. The third kappa shape index (κ3) is 2.77. The number of hydrogen-bond acceptors (Lipinski definition) is 1. The maximum Gasteiger partial charge on any atom is 0.181 e. The normalized spacial score (nSPS) is 16.6. The number of benzene rings is 2. The predicted octanol–water partition coefficient (Wildman–Crippen LogP) is 4.66. The van der Waals surface area contributed by atoms with Gasteiger partial charge in [0.25, 0.3) is 0 Å². The molecule has 0 saturated heterocycles. The molecule has 0 saturated carbocycles. The number of allylic oxidation sites excluding steroid dienone is 3. The lowest BCUT2D eigenvalue weighted by Gasteiger charge is -2.07. The van der Waals surface area contributed by atoms with Gasteiger partial charge >= 0.3 is 0 Å². The molecular formula is C19H16O. The van der Waals surface area contributed by atoms with Crippen molar-refractivity contribution < 1.29 is 4.79 Å². The minimum absolute atomic E-state index is 0.142. The van der Waals surface area contributed by atoms with Gasteiger partial charge in [-0.1, -0.05) is 60.7 Å². The van der Waals surface area contributed by atoms with Crippen molar-refractivity contribution in [3.63, 3.8) is 0 Å². The summed E-state index contributed by atoms with van der Waals surface area (Å²) in [6, 6.07) is 18.6. The van der Waals surface area contributed by atoms with Crippen LogP contribution in [0.3, 0.4) is 0 Å². The van der Waals surface area contributed by atoms with Gasteiger partial charge in [0.2, 0.25) is 0 Å². The molecule has 0 N–H and O–H groups in total. The topological polar surface area (TPSA) is 17.1 Å². The van der Waals surface area contributed by atoms with Gasteiger partial charge in [-0.25, -0.2) is 0 Å². The zero-order chi connectivity index (χ0) is 13.8. The van der Waals surface area contributed by atoms with Crippen molar-refractivity contribution in [3.8, 4) is 11.1 Å². The first kappa shape index (κ1) is 12.6. The molecule has 0 aliphatic heterocycles. The smallest absolute Gasteiger partial charge is 0.181 e. The first-order chi connectivity index (χ1) is 9.83. The SMILES string of the molecule is O=C1C=CCC/C1=C\c1ccc(-c2ccccc2)cc1. The summed E-state index contributed by atoms with van der Waals surface area (Å²) < 4.78 is 0. The Morgan fingerprint density at radius 1 is 0.850 bits per heavy atom. The number of carbonyl (C=O) groups excluding carboxylic acids is 1. The van der Waals surface area contributed by atoms with E-state index in [0.717, 1.165) is 24.0 Å². The van der Waals surface area contributed by atoms with E-state index in [1.807, 2.05) is 30.4 Å². The van der Waals surface area contributed by atoms with E-state index in [-0.39, 0.29) is 5.78 Å². The minimum atomic E-state index is 0.142. The Hall–Kier alpha value is -2.41. The van der Waals surface area contributed by atoms with Crippen molar-refractivity contribution in [2.24, 2.45) is 0 Å². The molecular weight excluding hydrogens is 244 g/mol. The van der Waals surface area contributed by atoms with E-state index >= 15 is 0 Å². The van der Waals surface area contributed by atoms with Crippen molar-refractivity contribution in [3.05, 3.63) is 77.9 Å². The molecule has 2 aromatic carbocycles. The third-order valence-corrected chi connectivity index (χ3v) is 3.52. The number of rotatable bonds is 2. The molecule has 98 valence electrons. The lowest BCUT2D eigenvalue weighted by molar-refractivity contribution is -0.111. The van der Waals surface area contributed by atoms with Gasteiger partial charge in [-0.15, -0.1) is 0 Å². The van der Waals surface area contributed by atoms with Gasteiger partial charge in [0.15, 0.2) is 5.78 Å². The summed E-state index contributed by atoms with van der Waals surface area (Å²) in [5.74, 6) is 0.142. The fourth-order valence-corrected chi connectivity index (χ4v) is 2.41. The van der Waals surface area contributed by atoms with Crippen molar-refractivity contribution in [2.45, 2.75) is 12.8 Å². The van der Waals surface area contributed by atoms with Crippen LogP contribution in [0.1, 0.15) is 18.4 Å². The predicted molar refractivity (Wildman–Crippen MR) is 83.2 cm³/mol. The first-order valence-corrected chi connectivity index (χ1v) is 6.90. The Labute approximate surface area is 119 Å². The highest BCUT2D eigenvalue weighted by Gasteiger charge is 2.09. The zero-order valence-corrected chi connectivity index (χ0v) is 11.3. The standard InChI is InChI=1S/C19H16O/c20-19-9-5-4-8-18(19)14-15-10-12-17(13-11-15)16-6-2-1-3-7-16/h1-3,5-7,9-14H,4,8H2/b18-14+. The molecule has 0 aromatic heterocycles. The second-order valence-corrected chi connectivity index (χ2v) is 4.96. The molecule has 3 rings (SSSR count). The van der Waals surface area contributed by atoms with Crippen molar-refractivity contribution in [2.75, 3.05) is 0 Å². The van der Waals surface area contributed by atoms with Gasteiger partial charge in [0, 0.05) is 5.57 Å². The van der Waals surface area contributed by atoms with E-state index in [1.54, 1.807) is 6.08 Å². The Bertz CT molecular complexity index is 661. The van der Waals surface area contributed by atoms with Crippen LogP contribution in [0.5, 0.6) is 0 Å². The Kier molecular flexibility index (Phi) is 3.60. The second-order valence-electron chi connectivity index (χ2n) is 4.96. The van der Waals surface area contributed by atoms with Gasteiger partial charge < -0.3 is 0 Å². The van der Waals surface area contributed by atoms with Crippen LogP contribution < -0.4 is 0 Å². The molecule has 1 nitrogen and oxygen atoms in total. The third-order valence-electron chi connectivity index (χ3n) is 3.52. The highest BCUT2D eigenvalue weighted by atomic mass is 16.1. The molecule has 20 heavy (non-hydrogen) atoms. The van der Waals surface area contributed by atoms with Crippen LogP contribution >= 0.6 is 0 Å². The van der Waals surface area contributed by atoms with E-state index in [2.05, 4.69) is 36.4 Å². The summed E-state index contributed by atoms with van der Waals surface area (Å²) >= 11 is 0. The van der Waals surface area contributed by atoms with E-state index < -0.39 is 0 Å². The highest BCUT2D eigenvalue weighted by Crippen LogP contribution is 2.22. The average Bonchev–Trinajstić information content (AvgIpc) is 2.51. The van der Waals surface area contributed by atoms with Gasteiger partial charge in [0.1, 0.15) is 0 Å². The van der Waals surface area contributed by atoms with Crippen LogP contribution in [0.15, 0.2) is 72.3 Å². The summed E-state index contributed by atoms with van der Waals surface area (Å²) in [5.41, 5.74) is 4.40. The molecule has 0 amide bonds. The van der Waals surface area contributed by atoms with Crippen LogP contribution in [0.4, 0.5) is 0 Å². The Balaban J connectivity index is 1.85. The summed E-state index contributed by atoms with van der Waals surface area (Å²) in [4.78, 5) is 11.7. The van der Waals surface area contributed by atoms with Crippen molar-refractivity contribution in [1.82, 2.24) is 0 Å². The molecule has 0 heterocycles. The van der Waals surface area contributed by atoms with Gasteiger partial charge in [-0.05, 0) is 41.7 Å². The minimum Gasteiger partial charge on any atom is -0.290 e. The lowest BCUT2D eigenvalue weighted by atomic mass is 9.96. The molecule has 1 aliphatic carbocycles. The first-order valence-electron chi connectivity index (χ1n) is 6.90. The lowest BCUT2D eigenvalue weighted by Crippen LogP contribution is -2.02. The quantitative estimate of drug-likeness (QED) is 0.718. The van der Waals surface area contributed by atoms with Crippen molar-refractivity contribution in [1.29, 1.82) is 0 Å². The Morgan fingerprint density at radius 3 is 2.25 bits per heavy atom. The highest BCUT2D eigenvalue weighted by molar-refractivity contribution is 6.07. The number of ketones is 1. The van der Waals surface area contributed by atoms with Crippen LogP contribution in [0.2, 0.25) is 0 Å². The van der Waals surface area contributed by atoms with Gasteiger partial charge in [-0.3, -0.25) is 4.79 Å².